The van der Waals surface area contributed by atoms with Gasteiger partial charge in [0.05, 0.1) is 17.1 Å². The summed E-state index contributed by atoms with van der Waals surface area (Å²) >= 11 is 0. The molecule has 0 aromatic heterocycles. The molecule has 190 valence electrons. The van der Waals surface area contributed by atoms with Gasteiger partial charge in [-0.3, -0.25) is 9.59 Å². The highest BCUT2D eigenvalue weighted by atomic mass is 16.1. The third-order valence-electron chi connectivity index (χ3n) is 11.9. The zero-order chi connectivity index (χ0) is 26.0. The number of carbonyl (C=O) groups excluding carboxylic acids is 2. The highest BCUT2D eigenvalue weighted by Gasteiger charge is 2.66. The Morgan fingerprint density at radius 2 is 1.51 bits per heavy atom. The van der Waals surface area contributed by atoms with Gasteiger partial charge in [-0.25, -0.2) is 0 Å². The van der Waals surface area contributed by atoms with Gasteiger partial charge < -0.3 is 0 Å². The largest absolute Gasteiger partial charge is 0.299 e. The van der Waals surface area contributed by atoms with Gasteiger partial charge in [-0.05, 0) is 91.8 Å². The second kappa shape index (κ2) is 8.30. The van der Waals surface area contributed by atoms with Crippen LogP contribution in [0.2, 0.25) is 0 Å². The summed E-state index contributed by atoms with van der Waals surface area (Å²) in [5.74, 6) is 0.424. The lowest BCUT2D eigenvalue weighted by atomic mass is 9.36. The van der Waals surface area contributed by atoms with Crippen LogP contribution in [0.3, 0.4) is 0 Å². The molecule has 3 saturated carbocycles. The standard InChI is InChI=1S/C31H44N2O2/c1-20-22-9-11-31(7)25(29(22,5)17-21(18-32)26(20)35)16-24(34)23-8-10-27(2,3)12-13-28(4,19-33)14-15-30(23,31)6/h17,20,22-23,25H,8-16H2,1-7H3/t20-,22-,23?,25+,28-,29-,30+,31+/m0/s1. The van der Waals surface area contributed by atoms with Crippen LogP contribution in [-0.4, -0.2) is 11.6 Å². The molecule has 0 amide bonds. The number of nitriles is 2. The number of carbonyl (C=O) groups is 2. The van der Waals surface area contributed by atoms with E-state index in [1.807, 2.05) is 13.0 Å². The summed E-state index contributed by atoms with van der Waals surface area (Å²) in [4.78, 5) is 26.9. The van der Waals surface area contributed by atoms with E-state index in [0.29, 0.717) is 12.2 Å². The van der Waals surface area contributed by atoms with E-state index < -0.39 is 0 Å². The topological polar surface area (TPSA) is 81.7 Å². The van der Waals surface area contributed by atoms with Crippen molar-refractivity contribution < 1.29 is 9.59 Å². The predicted molar refractivity (Wildman–Crippen MR) is 137 cm³/mol. The van der Waals surface area contributed by atoms with Crippen LogP contribution in [0.4, 0.5) is 0 Å². The van der Waals surface area contributed by atoms with Crippen molar-refractivity contribution in [1.82, 2.24) is 0 Å². The maximum Gasteiger partial charge on any atom is 0.176 e. The van der Waals surface area contributed by atoms with E-state index in [-0.39, 0.29) is 62.1 Å². The van der Waals surface area contributed by atoms with Gasteiger partial charge in [0, 0.05) is 18.3 Å². The summed E-state index contributed by atoms with van der Waals surface area (Å²) in [6.45, 7) is 15.7. The summed E-state index contributed by atoms with van der Waals surface area (Å²) in [5, 5.41) is 19.9. The number of ketones is 2. The summed E-state index contributed by atoms with van der Waals surface area (Å²) < 4.78 is 0. The first-order valence-electron chi connectivity index (χ1n) is 13.8. The second-order valence-electron chi connectivity index (χ2n) is 14.3. The van der Waals surface area contributed by atoms with Crippen LogP contribution in [0.1, 0.15) is 106 Å². The lowest BCUT2D eigenvalue weighted by Crippen LogP contribution is -2.63. The molecule has 1 unspecified atom stereocenters. The average molecular weight is 477 g/mol. The van der Waals surface area contributed by atoms with Gasteiger partial charge in [-0.15, -0.1) is 0 Å². The highest BCUT2D eigenvalue weighted by Crippen LogP contribution is 2.71. The molecule has 0 radical (unpaired) electrons. The summed E-state index contributed by atoms with van der Waals surface area (Å²) in [5.41, 5.74) is -0.630. The zero-order valence-electron chi connectivity index (χ0n) is 23.0. The van der Waals surface area contributed by atoms with Crippen molar-refractivity contribution in [3.8, 4) is 12.1 Å². The van der Waals surface area contributed by atoms with Crippen molar-refractivity contribution in [1.29, 1.82) is 10.5 Å². The van der Waals surface area contributed by atoms with Crippen molar-refractivity contribution in [2.24, 2.45) is 50.7 Å². The molecule has 4 rings (SSSR count). The summed E-state index contributed by atoms with van der Waals surface area (Å²) in [7, 11) is 0. The van der Waals surface area contributed by atoms with E-state index in [4.69, 9.17) is 0 Å². The average Bonchev–Trinajstić information content (AvgIpc) is 2.80. The molecule has 0 heterocycles. The van der Waals surface area contributed by atoms with E-state index in [2.05, 4.69) is 53.7 Å². The molecule has 0 aromatic rings. The van der Waals surface area contributed by atoms with E-state index in [1.54, 1.807) is 0 Å². The fourth-order valence-electron chi connectivity index (χ4n) is 8.99. The van der Waals surface area contributed by atoms with E-state index in [9.17, 15) is 20.1 Å². The molecule has 4 aliphatic rings. The molecule has 0 aromatic carbocycles. The van der Waals surface area contributed by atoms with Gasteiger partial charge in [-0.1, -0.05) is 47.6 Å². The first-order valence-corrected chi connectivity index (χ1v) is 13.8. The number of allylic oxidation sites excluding steroid dienone is 2. The van der Waals surface area contributed by atoms with Crippen LogP contribution < -0.4 is 0 Å². The van der Waals surface area contributed by atoms with Crippen LogP contribution >= 0.6 is 0 Å². The van der Waals surface area contributed by atoms with E-state index in [0.717, 1.165) is 51.4 Å². The molecule has 3 fully saturated rings. The first kappa shape index (κ1) is 26.1. The lowest BCUT2D eigenvalue weighted by molar-refractivity contribution is -0.185. The lowest BCUT2D eigenvalue weighted by Gasteiger charge is -2.67. The Hall–Kier alpha value is -1.94. The van der Waals surface area contributed by atoms with Crippen LogP contribution in [-0.2, 0) is 9.59 Å². The Morgan fingerprint density at radius 3 is 2.14 bits per heavy atom. The van der Waals surface area contributed by atoms with Crippen molar-refractivity contribution >= 4 is 11.6 Å². The van der Waals surface area contributed by atoms with E-state index >= 15 is 0 Å². The van der Waals surface area contributed by atoms with Gasteiger partial charge in [0.15, 0.2) is 5.78 Å². The number of rotatable bonds is 0. The smallest absolute Gasteiger partial charge is 0.176 e. The Kier molecular flexibility index (Phi) is 6.19. The van der Waals surface area contributed by atoms with Crippen molar-refractivity contribution in [3.05, 3.63) is 11.6 Å². The normalized spacial score (nSPS) is 47.7. The molecule has 0 bridgehead atoms. The number of fused-ring (bicyclic) bond motifs is 5. The molecule has 4 nitrogen and oxygen atoms in total. The maximum atomic E-state index is 14.0. The molecule has 4 heteroatoms. The Balaban J connectivity index is 1.83. The quantitative estimate of drug-likeness (QED) is 0.370. The van der Waals surface area contributed by atoms with Crippen molar-refractivity contribution in [2.45, 2.75) is 106 Å². The van der Waals surface area contributed by atoms with Gasteiger partial charge in [0.1, 0.15) is 11.9 Å². The molecule has 0 saturated heterocycles. The second-order valence-corrected chi connectivity index (χ2v) is 14.3. The number of Topliss-reactive ketones (excluding diaryl/α,β-unsaturated/α-hetero) is 2. The molecule has 4 aliphatic carbocycles. The van der Waals surface area contributed by atoms with Gasteiger partial charge in [0.25, 0.3) is 0 Å². The van der Waals surface area contributed by atoms with Crippen LogP contribution in [0, 0.1) is 73.4 Å². The molecular formula is C31H44N2O2. The van der Waals surface area contributed by atoms with Crippen molar-refractivity contribution in [3.63, 3.8) is 0 Å². The first-order chi connectivity index (χ1) is 16.2. The van der Waals surface area contributed by atoms with Gasteiger partial charge >= 0.3 is 0 Å². The maximum absolute atomic E-state index is 14.0. The van der Waals surface area contributed by atoms with E-state index in [1.165, 1.54) is 0 Å². The molecule has 0 spiro atoms. The predicted octanol–water partition coefficient (Wildman–Crippen LogP) is 7.20. The summed E-state index contributed by atoms with van der Waals surface area (Å²) in [6, 6.07) is 4.83. The van der Waals surface area contributed by atoms with Crippen LogP contribution in [0.5, 0.6) is 0 Å². The Labute approximate surface area is 212 Å². The fraction of sp³-hybridized carbons (Fsp3) is 0.806. The van der Waals surface area contributed by atoms with Crippen LogP contribution in [0.15, 0.2) is 11.6 Å². The Morgan fingerprint density at radius 1 is 0.857 bits per heavy atom. The fourth-order valence-corrected chi connectivity index (χ4v) is 8.99. The minimum absolute atomic E-state index is 0.00582. The zero-order valence-corrected chi connectivity index (χ0v) is 23.0. The third-order valence-corrected chi connectivity index (χ3v) is 11.9. The molecule has 0 N–H and O–H groups in total. The molecular weight excluding hydrogens is 432 g/mol. The monoisotopic (exact) mass is 476 g/mol. The van der Waals surface area contributed by atoms with Crippen LogP contribution in [0.25, 0.3) is 0 Å². The minimum Gasteiger partial charge on any atom is -0.299 e. The summed E-state index contributed by atoms with van der Waals surface area (Å²) in [6.07, 6.45) is 9.98. The third kappa shape index (κ3) is 3.82. The van der Waals surface area contributed by atoms with Gasteiger partial charge in [0.2, 0.25) is 0 Å². The molecule has 8 atom stereocenters. The molecule has 35 heavy (non-hydrogen) atoms. The highest BCUT2D eigenvalue weighted by molar-refractivity contribution is 6.01. The Bertz CT molecular complexity index is 1040. The SMILES string of the molecule is C[C@@H]1C(=O)C(C#N)=C[C@]2(C)[C@H]3CC(=O)C4CCC(C)(C)CC[C@](C)(C#N)CC[C@@]4(C)[C@]3(C)CC[C@@H]12. The minimum atomic E-state index is -0.380. The van der Waals surface area contributed by atoms with Gasteiger partial charge in [-0.2, -0.15) is 10.5 Å². The number of hydrogen-bond acceptors (Lipinski definition) is 4. The molecule has 0 aliphatic heterocycles. The number of hydrogen-bond donors (Lipinski definition) is 0. The van der Waals surface area contributed by atoms with Crippen molar-refractivity contribution in [2.75, 3.05) is 0 Å². The number of nitrogens with zero attached hydrogens (tertiary/aromatic N) is 2.